The molecule has 0 aromatic heterocycles. The molecule has 1 fully saturated rings. The van der Waals surface area contributed by atoms with Crippen LogP contribution >= 0.6 is 15.6 Å². The van der Waals surface area contributed by atoms with Gasteiger partial charge in [-0.3, -0.25) is 4.52 Å². The second kappa shape index (κ2) is 9.24. The number of phosphoric ester groups is 1. The predicted octanol–water partition coefficient (Wildman–Crippen LogP) is 5.82. The van der Waals surface area contributed by atoms with E-state index in [1.54, 1.807) is 5.57 Å². The Morgan fingerprint density at radius 1 is 1.21 bits per heavy atom. The fourth-order valence-corrected chi connectivity index (χ4v) is 6.79. The Balaban J connectivity index is 1.90. The number of allylic oxidation sites excluding steroid dienone is 2. The third-order valence-electron chi connectivity index (χ3n) is 7.32. The molecule has 7 nitrogen and oxygen atoms in total. The molecule has 9 heteroatoms. The van der Waals surface area contributed by atoms with E-state index in [0.29, 0.717) is 18.3 Å². The zero-order chi connectivity index (χ0) is 22.1. The average molecular weight is 452 g/mol. The number of rotatable bonds is 9. The Hall–Kier alpha value is 0.0000000000000000555. The first-order chi connectivity index (χ1) is 13.2. The quantitative estimate of drug-likeness (QED) is 0.298. The lowest BCUT2D eigenvalue weighted by Gasteiger charge is -2.53. The van der Waals surface area contributed by atoms with Crippen molar-refractivity contribution in [3.8, 4) is 0 Å². The van der Waals surface area contributed by atoms with Gasteiger partial charge in [0.2, 0.25) is 0 Å². The molecule has 0 saturated heterocycles. The Morgan fingerprint density at radius 2 is 1.86 bits per heavy atom. The van der Waals surface area contributed by atoms with E-state index < -0.39 is 15.6 Å². The zero-order valence-corrected chi connectivity index (χ0v) is 20.1. The van der Waals surface area contributed by atoms with Crippen LogP contribution in [0.3, 0.4) is 0 Å². The van der Waals surface area contributed by atoms with Crippen molar-refractivity contribution in [2.24, 2.45) is 28.6 Å². The van der Waals surface area contributed by atoms with Crippen LogP contribution in [-0.4, -0.2) is 21.3 Å². The van der Waals surface area contributed by atoms with Gasteiger partial charge in [0.1, 0.15) is 0 Å². The molecule has 5 atom stereocenters. The summed E-state index contributed by atoms with van der Waals surface area (Å²) in [6.45, 7) is 11.5. The smallest absolute Gasteiger partial charge is 0.302 e. The van der Waals surface area contributed by atoms with Crippen molar-refractivity contribution < 1.29 is 32.6 Å². The van der Waals surface area contributed by atoms with Crippen LogP contribution in [0.2, 0.25) is 0 Å². The van der Waals surface area contributed by atoms with Crippen molar-refractivity contribution in [1.29, 1.82) is 0 Å². The zero-order valence-electron chi connectivity index (χ0n) is 18.3. The van der Waals surface area contributed by atoms with Gasteiger partial charge in [0.15, 0.2) is 0 Å². The van der Waals surface area contributed by atoms with Crippen LogP contribution in [0.4, 0.5) is 0 Å². The highest BCUT2D eigenvalue weighted by atomic mass is 31.3. The Bertz CT molecular complexity index is 699. The number of fused-ring (bicyclic) bond motifs is 1. The lowest BCUT2D eigenvalue weighted by Crippen LogP contribution is -2.43. The monoisotopic (exact) mass is 452 g/mol. The van der Waals surface area contributed by atoms with E-state index in [1.165, 1.54) is 19.3 Å². The minimum atomic E-state index is -5.07. The van der Waals surface area contributed by atoms with E-state index in [1.807, 2.05) is 0 Å². The molecule has 2 unspecified atom stereocenters. The minimum absolute atomic E-state index is 0.0805. The highest BCUT2D eigenvalue weighted by Gasteiger charge is 2.47. The third-order valence-corrected chi connectivity index (χ3v) is 9.50. The normalized spacial score (nSPS) is 32.8. The molecule has 0 aliphatic heterocycles. The summed E-state index contributed by atoms with van der Waals surface area (Å²) in [7, 11) is -9.81. The summed E-state index contributed by atoms with van der Waals surface area (Å²) in [4.78, 5) is 26.7. The van der Waals surface area contributed by atoms with E-state index in [2.05, 4.69) is 45.0 Å². The SMILES string of the molecule is CC(CCOP(=O)(O)OP(=O)(O)O)CC[C@@]1(C)[C@@H]2CCCC(C)(C)C2=CC[C@@H]1C. The molecular weight excluding hydrogens is 414 g/mol. The molecule has 0 aromatic carbocycles. The van der Waals surface area contributed by atoms with Gasteiger partial charge >= 0.3 is 15.6 Å². The van der Waals surface area contributed by atoms with Crippen LogP contribution in [0.25, 0.3) is 0 Å². The highest BCUT2D eigenvalue weighted by Crippen LogP contribution is 2.59. The highest BCUT2D eigenvalue weighted by molar-refractivity contribution is 7.60. The lowest BCUT2D eigenvalue weighted by atomic mass is 9.52. The van der Waals surface area contributed by atoms with Crippen molar-refractivity contribution in [2.75, 3.05) is 6.61 Å². The van der Waals surface area contributed by atoms with Crippen molar-refractivity contribution in [1.82, 2.24) is 0 Å². The van der Waals surface area contributed by atoms with Crippen molar-refractivity contribution >= 4 is 15.6 Å². The first-order valence-electron chi connectivity index (χ1n) is 10.6. The van der Waals surface area contributed by atoms with E-state index >= 15 is 0 Å². The molecule has 0 aromatic rings. The maximum absolute atomic E-state index is 11.5. The third kappa shape index (κ3) is 6.74. The van der Waals surface area contributed by atoms with Gasteiger partial charge in [0.05, 0.1) is 6.61 Å². The van der Waals surface area contributed by atoms with Gasteiger partial charge in [0.25, 0.3) is 0 Å². The summed E-state index contributed by atoms with van der Waals surface area (Å²) < 4.78 is 30.8. The van der Waals surface area contributed by atoms with Gasteiger partial charge in [-0.15, -0.1) is 0 Å². The maximum Gasteiger partial charge on any atom is 0.481 e. The first-order valence-corrected chi connectivity index (χ1v) is 13.6. The molecule has 0 bridgehead atoms. The predicted molar refractivity (Wildman–Crippen MR) is 113 cm³/mol. The second-order valence-electron chi connectivity index (χ2n) is 9.94. The molecule has 2 aliphatic carbocycles. The number of phosphoric acid groups is 2. The molecule has 2 rings (SSSR count). The Morgan fingerprint density at radius 3 is 2.48 bits per heavy atom. The Kier molecular flexibility index (Phi) is 8.05. The molecule has 0 radical (unpaired) electrons. The van der Waals surface area contributed by atoms with Gasteiger partial charge in [-0.1, -0.05) is 59.1 Å². The molecule has 0 amide bonds. The van der Waals surface area contributed by atoms with E-state index in [-0.39, 0.29) is 23.4 Å². The summed E-state index contributed by atoms with van der Waals surface area (Å²) in [6, 6.07) is 0. The number of hydrogen-bond acceptors (Lipinski definition) is 4. The summed E-state index contributed by atoms with van der Waals surface area (Å²) >= 11 is 0. The second-order valence-corrected chi connectivity index (χ2v) is 12.8. The van der Waals surface area contributed by atoms with Gasteiger partial charge < -0.3 is 14.7 Å². The summed E-state index contributed by atoms with van der Waals surface area (Å²) in [5.41, 5.74) is 2.16. The summed E-state index contributed by atoms with van der Waals surface area (Å²) in [6.07, 6.45) is 9.98. The van der Waals surface area contributed by atoms with E-state index in [4.69, 9.17) is 14.3 Å². The molecule has 1 saturated carbocycles. The topological polar surface area (TPSA) is 113 Å². The largest absolute Gasteiger partial charge is 0.481 e. The molecule has 29 heavy (non-hydrogen) atoms. The molecule has 3 N–H and O–H groups in total. The van der Waals surface area contributed by atoms with Gasteiger partial charge in [-0.05, 0) is 60.7 Å². The lowest BCUT2D eigenvalue weighted by molar-refractivity contribution is 0.0507. The Labute approximate surface area is 175 Å². The summed E-state index contributed by atoms with van der Waals surface area (Å²) in [5.74, 6) is 1.50. The van der Waals surface area contributed by atoms with Crippen LogP contribution in [0.15, 0.2) is 11.6 Å². The van der Waals surface area contributed by atoms with Crippen LogP contribution in [0, 0.1) is 28.6 Å². The van der Waals surface area contributed by atoms with Gasteiger partial charge in [-0.2, -0.15) is 4.31 Å². The summed E-state index contributed by atoms with van der Waals surface area (Å²) in [5, 5.41) is 0. The molecule has 170 valence electrons. The van der Waals surface area contributed by atoms with E-state index in [0.717, 1.165) is 19.3 Å². The van der Waals surface area contributed by atoms with Crippen LogP contribution in [0.5, 0.6) is 0 Å². The molecule has 2 aliphatic rings. The first kappa shape index (κ1) is 25.3. The van der Waals surface area contributed by atoms with E-state index in [9.17, 15) is 14.0 Å². The van der Waals surface area contributed by atoms with Crippen LogP contribution in [-0.2, 0) is 18.0 Å². The molecule has 0 spiro atoms. The van der Waals surface area contributed by atoms with Gasteiger partial charge in [-0.25, -0.2) is 9.13 Å². The fourth-order valence-electron chi connectivity index (χ4n) is 5.19. The minimum Gasteiger partial charge on any atom is -0.302 e. The standard InChI is InChI=1S/C20H38O7P2/c1-15(11-14-26-29(24,25)27-28(21,22)23)10-13-20(5)16(2)8-9-17-18(20)7-6-12-19(17,3)4/h9,15-16,18H,6-8,10-14H2,1-5H3,(H,24,25)(H2,21,22,23)/t15?,16-,18+,20+/m0/s1. The number of hydrogen-bond donors (Lipinski definition) is 3. The molecule has 0 heterocycles. The van der Waals surface area contributed by atoms with Crippen LogP contribution in [0.1, 0.15) is 79.6 Å². The fraction of sp³-hybridized carbons (Fsp3) is 0.900. The van der Waals surface area contributed by atoms with Crippen molar-refractivity contribution in [3.05, 3.63) is 11.6 Å². The van der Waals surface area contributed by atoms with Gasteiger partial charge in [0, 0.05) is 0 Å². The van der Waals surface area contributed by atoms with Crippen molar-refractivity contribution in [2.45, 2.75) is 79.6 Å². The average Bonchev–Trinajstić information content (AvgIpc) is 2.54. The van der Waals surface area contributed by atoms with Crippen molar-refractivity contribution in [3.63, 3.8) is 0 Å². The molecular formula is C20H38O7P2. The van der Waals surface area contributed by atoms with Crippen LogP contribution < -0.4 is 0 Å². The maximum atomic E-state index is 11.5.